The molecule has 5 amide bonds. The van der Waals surface area contributed by atoms with Crippen LogP contribution >= 0.6 is 11.6 Å². The minimum Gasteiger partial charge on any atom is -0.490 e. The predicted octanol–water partition coefficient (Wildman–Crippen LogP) is 4.27. The van der Waals surface area contributed by atoms with Crippen LogP contribution in [0.25, 0.3) is 11.4 Å². The van der Waals surface area contributed by atoms with Crippen molar-refractivity contribution in [1.29, 1.82) is 0 Å². The quantitative estimate of drug-likeness (QED) is 0.253. The first kappa shape index (κ1) is 38.5. The van der Waals surface area contributed by atoms with Crippen LogP contribution in [0.5, 0.6) is 11.6 Å². The fourth-order valence-electron chi connectivity index (χ4n) is 9.43. The molecule has 306 valence electrons. The molecule has 1 N–H and O–H groups in total. The molecule has 4 aromatic rings. The molecule has 1 spiro atoms. The average Bonchev–Trinajstić information content (AvgIpc) is 3.85. The summed E-state index contributed by atoms with van der Waals surface area (Å²) < 4.78 is 15.4. The summed E-state index contributed by atoms with van der Waals surface area (Å²) in [6.07, 6.45) is 6.70. The number of pyridine rings is 2. The van der Waals surface area contributed by atoms with Crippen LogP contribution in [-0.4, -0.2) is 90.8 Å². The summed E-state index contributed by atoms with van der Waals surface area (Å²) in [4.78, 5) is 92.4. The molecule has 4 aliphatic heterocycles. The smallest absolute Gasteiger partial charge is 0.279 e. The highest BCUT2D eigenvalue weighted by Crippen LogP contribution is 2.51. The van der Waals surface area contributed by atoms with Crippen molar-refractivity contribution < 1.29 is 33.4 Å². The number of piperidine rings is 2. The number of nitrogens with zero attached hydrogens (tertiary/aromatic N) is 7. The number of methoxy groups -OCH3 is 1. The molecule has 0 radical (unpaired) electrons. The van der Waals surface area contributed by atoms with Crippen LogP contribution in [0.4, 0.5) is 5.69 Å². The van der Waals surface area contributed by atoms with Gasteiger partial charge in [-0.2, -0.15) is 0 Å². The van der Waals surface area contributed by atoms with Crippen molar-refractivity contribution in [3.05, 3.63) is 86.2 Å². The lowest BCUT2D eigenvalue weighted by molar-refractivity contribution is -0.136. The van der Waals surface area contributed by atoms with Gasteiger partial charge < -0.3 is 28.4 Å². The summed E-state index contributed by atoms with van der Waals surface area (Å²) in [5.74, 6) is -0.266. The summed E-state index contributed by atoms with van der Waals surface area (Å²) >= 11 is 6.26. The number of ether oxygens (including phenoxy) is 2. The zero-order valence-corrected chi connectivity index (χ0v) is 33.9. The third-order valence-corrected chi connectivity index (χ3v) is 12.7. The minimum atomic E-state index is -0.693. The maximum absolute atomic E-state index is 14.0. The Kier molecular flexibility index (Phi) is 9.37. The molecule has 1 aromatic carbocycles. The molecule has 1 atom stereocenters. The number of nitrogens with one attached hydrogen (secondary N) is 1. The van der Waals surface area contributed by atoms with Gasteiger partial charge in [0.05, 0.1) is 48.1 Å². The molecule has 5 aliphatic rings. The second kappa shape index (κ2) is 14.4. The summed E-state index contributed by atoms with van der Waals surface area (Å²) in [5.41, 5.74) is 2.80. The Bertz CT molecular complexity index is 2530. The van der Waals surface area contributed by atoms with Gasteiger partial charge in [0.15, 0.2) is 5.69 Å². The molecule has 59 heavy (non-hydrogen) atoms. The number of imide groups is 1. The van der Waals surface area contributed by atoms with E-state index in [9.17, 15) is 28.8 Å². The molecule has 16 nitrogen and oxygen atoms in total. The topological polar surface area (TPSA) is 178 Å². The van der Waals surface area contributed by atoms with Gasteiger partial charge >= 0.3 is 0 Å². The Labute approximate surface area is 344 Å². The first-order chi connectivity index (χ1) is 28.3. The van der Waals surface area contributed by atoms with Crippen molar-refractivity contribution in [1.82, 2.24) is 34.2 Å². The van der Waals surface area contributed by atoms with Gasteiger partial charge in [0.25, 0.3) is 23.3 Å². The third kappa shape index (κ3) is 6.44. The number of likely N-dealkylation sites (tertiary alicyclic amines) is 1. The van der Waals surface area contributed by atoms with E-state index in [1.165, 1.54) is 39.9 Å². The Morgan fingerprint density at radius 3 is 2.49 bits per heavy atom. The van der Waals surface area contributed by atoms with E-state index in [4.69, 9.17) is 26.1 Å². The number of benzene rings is 1. The highest BCUT2D eigenvalue weighted by molar-refractivity contribution is 6.30. The number of aromatic nitrogens is 4. The normalized spacial score (nSPS) is 20.0. The molecule has 0 bridgehead atoms. The summed E-state index contributed by atoms with van der Waals surface area (Å²) in [7, 11) is 3.07. The molecule has 1 aliphatic carbocycles. The van der Waals surface area contributed by atoms with Crippen LogP contribution in [0.15, 0.2) is 47.5 Å². The zero-order chi connectivity index (χ0) is 41.5. The Balaban J connectivity index is 0.869. The fraction of sp³-hybridized carbons (Fsp3) is 0.429. The van der Waals surface area contributed by atoms with Gasteiger partial charge in [0, 0.05) is 56.1 Å². The number of rotatable bonds is 8. The van der Waals surface area contributed by atoms with Gasteiger partial charge in [-0.15, -0.1) is 0 Å². The molecule has 7 heterocycles. The number of hydrogen-bond acceptors (Lipinski definition) is 10. The number of fused-ring (bicyclic) bond motifs is 2. The first-order valence-corrected chi connectivity index (χ1v) is 20.2. The van der Waals surface area contributed by atoms with Crippen molar-refractivity contribution in [2.75, 3.05) is 25.1 Å². The number of carbonyl (C=O) groups is 5. The first-order valence-electron chi connectivity index (χ1n) is 19.8. The van der Waals surface area contributed by atoms with Crippen molar-refractivity contribution in [3.8, 4) is 23.0 Å². The third-order valence-electron chi connectivity index (χ3n) is 12.5. The average molecular weight is 823 g/mol. The van der Waals surface area contributed by atoms with Crippen molar-refractivity contribution in [2.45, 2.75) is 83.6 Å². The van der Waals surface area contributed by atoms with E-state index in [-0.39, 0.29) is 77.6 Å². The number of halogens is 1. The number of amides is 5. The molecular formula is C42H43ClN8O8. The number of aryl methyl sites for hydroxylation is 1. The SMILES string of the molecule is COc1ncc(C(=O)N2CCC3(CC2)CC(Oc2cccc4c2CN(C2CCC(=O)NC2=O)C4=O)C3)cc1-c1nc2c(n1C(C)C)CN(c1cc(Cl)cn(C)c1=O)C2=O. The van der Waals surface area contributed by atoms with Crippen LogP contribution in [0.1, 0.15) is 101 Å². The second-order valence-corrected chi connectivity index (χ2v) is 16.9. The van der Waals surface area contributed by atoms with Gasteiger partial charge in [0.2, 0.25) is 17.7 Å². The molecule has 17 heteroatoms. The summed E-state index contributed by atoms with van der Waals surface area (Å²) in [6, 6.07) is 7.77. The van der Waals surface area contributed by atoms with E-state index in [1.807, 2.05) is 29.4 Å². The summed E-state index contributed by atoms with van der Waals surface area (Å²) in [6.45, 7) is 5.42. The number of carbonyl (C=O) groups excluding carboxylic acids is 5. The van der Waals surface area contributed by atoms with Gasteiger partial charge in [0.1, 0.15) is 23.3 Å². The van der Waals surface area contributed by atoms with E-state index in [2.05, 4.69) is 10.3 Å². The second-order valence-electron chi connectivity index (χ2n) is 16.4. The van der Waals surface area contributed by atoms with E-state index in [0.29, 0.717) is 58.5 Å². The van der Waals surface area contributed by atoms with Crippen LogP contribution in [0, 0.1) is 5.41 Å². The van der Waals surface area contributed by atoms with Crippen molar-refractivity contribution >= 4 is 46.8 Å². The fourth-order valence-corrected chi connectivity index (χ4v) is 9.68. The van der Waals surface area contributed by atoms with Crippen LogP contribution in [0.3, 0.4) is 0 Å². The molecule has 3 fully saturated rings. The number of anilines is 1. The molecular weight excluding hydrogens is 780 g/mol. The van der Waals surface area contributed by atoms with Gasteiger partial charge in [-0.1, -0.05) is 17.7 Å². The maximum atomic E-state index is 14.0. The molecule has 3 aromatic heterocycles. The predicted molar refractivity (Wildman–Crippen MR) is 213 cm³/mol. The van der Waals surface area contributed by atoms with Crippen LogP contribution < -0.4 is 25.2 Å². The van der Waals surface area contributed by atoms with Gasteiger partial charge in [-0.3, -0.25) is 39.0 Å². The van der Waals surface area contributed by atoms with Crippen LogP contribution in [0.2, 0.25) is 5.02 Å². The van der Waals surface area contributed by atoms with E-state index >= 15 is 0 Å². The van der Waals surface area contributed by atoms with E-state index in [0.717, 1.165) is 31.2 Å². The maximum Gasteiger partial charge on any atom is 0.279 e. The Morgan fingerprint density at radius 1 is 1.02 bits per heavy atom. The largest absolute Gasteiger partial charge is 0.490 e. The zero-order valence-electron chi connectivity index (χ0n) is 33.1. The van der Waals surface area contributed by atoms with E-state index in [1.54, 1.807) is 25.2 Å². The lowest BCUT2D eigenvalue weighted by Gasteiger charge is -2.51. The lowest BCUT2D eigenvalue weighted by atomic mass is 9.61. The highest BCUT2D eigenvalue weighted by atomic mass is 35.5. The van der Waals surface area contributed by atoms with Gasteiger partial charge in [-0.25, -0.2) is 9.97 Å². The Hall–Kier alpha value is -6.03. The van der Waals surface area contributed by atoms with E-state index < -0.39 is 17.9 Å². The molecule has 2 saturated heterocycles. The minimum absolute atomic E-state index is 0.0373. The van der Waals surface area contributed by atoms with Gasteiger partial charge in [-0.05, 0) is 75.6 Å². The Morgan fingerprint density at radius 2 is 1.78 bits per heavy atom. The number of imidazole rings is 1. The number of hydrogen-bond donors (Lipinski definition) is 1. The lowest BCUT2D eigenvalue weighted by Crippen LogP contribution is -2.52. The standard InChI is InChI=1S/C42H43ClN8O8/c1-22(2)51-31-21-50(30-15-24(43)19-47(3)40(30)56)41(57)34(31)46-35(51)27-14-23(18-44-37(27)58-4)38(54)48-12-10-42(11-13-48)16-25(17-42)59-32-7-5-6-26-28(32)20-49(39(26)55)29-8-9-33(52)45-36(29)53/h5-7,14-15,18-19,22,25,29H,8-13,16-17,20-21H2,1-4H3,(H,45,52,53). The molecule has 1 saturated carbocycles. The highest BCUT2D eigenvalue weighted by Gasteiger charge is 2.49. The van der Waals surface area contributed by atoms with Crippen LogP contribution in [-0.2, 0) is 29.7 Å². The molecule has 1 unspecified atom stereocenters. The molecule has 9 rings (SSSR count). The monoisotopic (exact) mass is 822 g/mol. The van der Waals surface area contributed by atoms with Crippen molar-refractivity contribution in [3.63, 3.8) is 0 Å². The van der Waals surface area contributed by atoms with Crippen molar-refractivity contribution in [2.24, 2.45) is 12.5 Å². The summed E-state index contributed by atoms with van der Waals surface area (Å²) in [5, 5.41) is 2.67.